The second kappa shape index (κ2) is 4.83. The molecular formula is C13H12N2O3. The molecule has 0 atom stereocenters. The quantitative estimate of drug-likeness (QED) is 0.599. The van der Waals surface area contributed by atoms with Crippen molar-refractivity contribution in [1.82, 2.24) is 4.90 Å². The van der Waals surface area contributed by atoms with E-state index in [9.17, 15) is 14.4 Å². The maximum absolute atomic E-state index is 12.1. The van der Waals surface area contributed by atoms with Crippen molar-refractivity contribution >= 4 is 23.5 Å². The summed E-state index contributed by atoms with van der Waals surface area (Å²) in [5.41, 5.74) is 0.467. The third-order valence-corrected chi connectivity index (χ3v) is 2.60. The molecule has 1 heterocycles. The van der Waals surface area contributed by atoms with E-state index < -0.39 is 17.8 Å². The van der Waals surface area contributed by atoms with Gasteiger partial charge in [-0.1, -0.05) is 24.3 Å². The number of benzene rings is 1. The lowest BCUT2D eigenvalue weighted by atomic mass is 10.2. The molecule has 5 nitrogen and oxygen atoms in total. The number of hydrogen-bond donors (Lipinski definition) is 0. The summed E-state index contributed by atoms with van der Waals surface area (Å²) in [7, 11) is 0. The number of para-hydroxylation sites is 1. The number of nitrogens with zero attached hydrogens (tertiary/aromatic N) is 2. The van der Waals surface area contributed by atoms with Crippen LogP contribution in [0.5, 0.6) is 0 Å². The second-order valence-corrected chi connectivity index (χ2v) is 3.82. The molecular weight excluding hydrogens is 232 g/mol. The number of carbonyl (C=O) groups excluding carboxylic acids is 3. The number of anilines is 1. The number of barbiturate groups is 1. The molecule has 0 bridgehead atoms. The normalized spacial score (nSPS) is 16.1. The van der Waals surface area contributed by atoms with Crippen LogP contribution in [0, 0.1) is 0 Å². The molecule has 0 unspecified atom stereocenters. The Balaban J connectivity index is 2.35. The summed E-state index contributed by atoms with van der Waals surface area (Å²) in [5.74, 6) is -0.992. The van der Waals surface area contributed by atoms with Crippen molar-refractivity contribution in [2.75, 3.05) is 11.4 Å². The van der Waals surface area contributed by atoms with Crippen molar-refractivity contribution in [2.45, 2.75) is 6.42 Å². The van der Waals surface area contributed by atoms with E-state index in [1.807, 2.05) is 0 Å². The number of carbonyl (C=O) groups is 3. The highest BCUT2D eigenvalue weighted by Gasteiger charge is 2.37. The largest absolute Gasteiger partial charge is 0.338 e. The number of amides is 4. The molecule has 1 aliphatic heterocycles. The van der Waals surface area contributed by atoms with Gasteiger partial charge in [0, 0.05) is 6.54 Å². The van der Waals surface area contributed by atoms with E-state index in [0.29, 0.717) is 5.69 Å². The summed E-state index contributed by atoms with van der Waals surface area (Å²) >= 11 is 0. The fraction of sp³-hybridized carbons (Fsp3) is 0.154. The van der Waals surface area contributed by atoms with E-state index in [4.69, 9.17) is 0 Å². The average molecular weight is 244 g/mol. The van der Waals surface area contributed by atoms with Gasteiger partial charge >= 0.3 is 6.03 Å². The van der Waals surface area contributed by atoms with E-state index in [-0.39, 0.29) is 13.0 Å². The highest BCUT2D eigenvalue weighted by molar-refractivity contribution is 6.26. The third-order valence-electron chi connectivity index (χ3n) is 2.60. The first-order valence-corrected chi connectivity index (χ1v) is 5.48. The molecule has 0 radical (unpaired) electrons. The van der Waals surface area contributed by atoms with Crippen molar-refractivity contribution in [3.63, 3.8) is 0 Å². The molecule has 0 aromatic heterocycles. The minimum atomic E-state index is -0.623. The van der Waals surface area contributed by atoms with Crippen LogP contribution in [0.15, 0.2) is 43.0 Å². The fourth-order valence-corrected chi connectivity index (χ4v) is 1.78. The number of rotatable bonds is 3. The molecule has 1 aromatic rings. The summed E-state index contributed by atoms with van der Waals surface area (Å²) in [6.07, 6.45) is 1.16. The zero-order chi connectivity index (χ0) is 13.1. The third kappa shape index (κ3) is 2.02. The predicted octanol–water partition coefficient (Wildman–Crippen LogP) is 1.56. The molecule has 1 aliphatic rings. The Morgan fingerprint density at radius 2 is 1.78 bits per heavy atom. The van der Waals surface area contributed by atoms with Gasteiger partial charge in [0.15, 0.2) is 0 Å². The lowest BCUT2D eigenvalue weighted by Gasteiger charge is -2.31. The summed E-state index contributed by atoms with van der Waals surface area (Å²) in [4.78, 5) is 37.5. The van der Waals surface area contributed by atoms with Crippen molar-refractivity contribution in [2.24, 2.45) is 0 Å². The Hall–Kier alpha value is -2.43. The smallest absolute Gasteiger partial charge is 0.274 e. The molecule has 1 aromatic carbocycles. The van der Waals surface area contributed by atoms with Gasteiger partial charge in [-0.3, -0.25) is 14.5 Å². The van der Waals surface area contributed by atoms with Gasteiger partial charge in [0.25, 0.3) is 0 Å². The van der Waals surface area contributed by atoms with Gasteiger partial charge in [0.2, 0.25) is 11.8 Å². The maximum atomic E-state index is 12.1. The first-order valence-electron chi connectivity index (χ1n) is 5.48. The van der Waals surface area contributed by atoms with E-state index in [1.165, 1.54) is 6.08 Å². The van der Waals surface area contributed by atoms with Crippen molar-refractivity contribution in [3.05, 3.63) is 43.0 Å². The Morgan fingerprint density at radius 3 is 2.39 bits per heavy atom. The van der Waals surface area contributed by atoms with Crippen LogP contribution < -0.4 is 4.90 Å². The minimum absolute atomic E-state index is 0.105. The van der Waals surface area contributed by atoms with Gasteiger partial charge in [0.1, 0.15) is 6.42 Å². The van der Waals surface area contributed by atoms with Crippen molar-refractivity contribution in [1.29, 1.82) is 0 Å². The first-order chi connectivity index (χ1) is 8.65. The predicted molar refractivity (Wildman–Crippen MR) is 65.9 cm³/mol. The van der Waals surface area contributed by atoms with Crippen LogP contribution in [0.25, 0.3) is 0 Å². The molecule has 0 N–H and O–H groups in total. The van der Waals surface area contributed by atoms with Crippen LogP contribution in [-0.2, 0) is 9.59 Å². The number of urea groups is 1. The topological polar surface area (TPSA) is 57.7 Å². The highest BCUT2D eigenvalue weighted by atomic mass is 16.2. The van der Waals surface area contributed by atoms with Crippen LogP contribution >= 0.6 is 0 Å². The van der Waals surface area contributed by atoms with Gasteiger partial charge in [-0.15, -0.1) is 6.58 Å². The zero-order valence-electron chi connectivity index (χ0n) is 9.70. The van der Waals surface area contributed by atoms with E-state index >= 15 is 0 Å². The summed E-state index contributed by atoms with van der Waals surface area (Å²) in [6.45, 7) is 3.60. The lowest BCUT2D eigenvalue weighted by molar-refractivity contribution is -0.134. The molecule has 92 valence electrons. The van der Waals surface area contributed by atoms with Crippen LogP contribution in [0.2, 0.25) is 0 Å². The standard InChI is InChI=1S/C13H12N2O3/c1-2-8-14-11(16)9-12(17)15(13(14)18)10-6-4-3-5-7-10/h2-7H,1,8-9H2. The van der Waals surface area contributed by atoms with Crippen LogP contribution in [0.4, 0.5) is 10.5 Å². The summed E-state index contributed by atoms with van der Waals surface area (Å²) in [5, 5.41) is 0. The first kappa shape index (κ1) is 12.0. The summed E-state index contributed by atoms with van der Waals surface area (Å²) in [6, 6.07) is 7.92. The molecule has 4 amide bonds. The number of imide groups is 2. The Labute approximate surface area is 104 Å². The van der Waals surface area contributed by atoms with Crippen molar-refractivity contribution in [3.8, 4) is 0 Å². The van der Waals surface area contributed by atoms with Gasteiger partial charge in [-0.2, -0.15) is 0 Å². The molecule has 18 heavy (non-hydrogen) atoms. The minimum Gasteiger partial charge on any atom is -0.274 e. The maximum Gasteiger partial charge on any atom is 0.338 e. The van der Waals surface area contributed by atoms with Crippen LogP contribution in [-0.4, -0.2) is 29.3 Å². The Kier molecular flexibility index (Phi) is 3.23. The average Bonchev–Trinajstić information content (AvgIpc) is 2.35. The SMILES string of the molecule is C=CCN1C(=O)CC(=O)N(c2ccccc2)C1=O. The second-order valence-electron chi connectivity index (χ2n) is 3.82. The van der Waals surface area contributed by atoms with E-state index in [0.717, 1.165) is 9.80 Å². The molecule has 5 heteroatoms. The Morgan fingerprint density at radius 1 is 1.11 bits per heavy atom. The summed E-state index contributed by atoms with van der Waals surface area (Å²) < 4.78 is 0. The zero-order valence-corrected chi connectivity index (χ0v) is 9.70. The van der Waals surface area contributed by atoms with E-state index in [1.54, 1.807) is 30.3 Å². The van der Waals surface area contributed by atoms with Gasteiger partial charge < -0.3 is 0 Å². The fourth-order valence-electron chi connectivity index (χ4n) is 1.78. The molecule has 0 saturated carbocycles. The number of hydrogen-bond acceptors (Lipinski definition) is 3. The van der Waals surface area contributed by atoms with Crippen LogP contribution in [0.3, 0.4) is 0 Å². The van der Waals surface area contributed by atoms with Crippen LogP contribution in [0.1, 0.15) is 6.42 Å². The molecule has 1 fully saturated rings. The monoisotopic (exact) mass is 244 g/mol. The lowest BCUT2D eigenvalue weighted by Crippen LogP contribution is -2.55. The van der Waals surface area contributed by atoms with E-state index in [2.05, 4.69) is 6.58 Å². The van der Waals surface area contributed by atoms with Gasteiger partial charge in [-0.05, 0) is 12.1 Å². The highest BCUT2D eigenvalue weighted by Crippen LogP contribution is 2.21. The van der Waals surface area contributed by atoms with Gasteiger partial charge in [0.05, 0.1) is 5.69 Å². The molecule has 2 rings (SSSR count). The molecule has 0 aliphatic carbocycles. The Bertz CT molecular complexity index is 510. The van der Waals surface area contributed by atoms with Gasteiger partial charge in [-0.25, -0.2) is 9.69 Å². The molecule has 0 spiro atoms. The molecule has 1 saturated heterocycles. The van der Waals surface area contributed by atoms with Crippen molar-refractivity contribution < 1.29 is 14.4 Å².